The van der Waals surface area contributed by atoms with Crippen LogP contribution in [0.4, 0.5) is 0 Å². The van der Waals surface area contributed by atoms with E-state index in [2.05, 4.69) is 0 Å². The normalized spacial score (nSPS) is 14.5. The van der Waals surface area contributed by atoms with Gasteiger partial charge in [0.15, 0.2) is 0 Å². The summed E-state index contributed by atoms with van der Waals surface area (Å²) in [4.78, 5) is 0. The van der Waals surface area contributed by atoms with E-state index in [1.807, 2.05) is 0 Å². The molecule has 0 N–H and O–H groups in total. The van der Waals surface area contributed by atoms with Gasteiger partial charge in [-0.2, -0.15) is 0 Å². The second-order valence-electron chi connectivity index (χ2n) is 5.12. The zero-order valence-corrected chi connectivity index (χ0v) is 20.6. The molecule has 1 atom stereocenters. The molecule has 0 aliphatic rings. The van der Waals surface area contributed by atoms with E-state index in [9.17, 15) is 42.4 Å². The van der Waals surface area contributed by atoms with Crippen LogP contribution in [0.2, 0.25) is 0 Å². The quantitative estimate of drug-likeness (QED) is 0.108. The van der Waals surface area contributed by atoms with Crippen LogP contribution in [-0.4, -0.2) is 71.2 Å². The molecular weight excluding hydrogens is 463 g/mol. The number of unbranched alkanes of at least 4 members (excludes halogenated alkanes) is 2. The summed E-state index contributed by atoms with van der Waals surface area (Å²) in [5, 5.41) is 0. The van der Waals surface area contributed by atoms with Gasteiger partial charge in [-0.05, 0) is 19.3 Å². The van der Waals surface area contributed by atoms with Gasteiger partial charge >= 0.3 is 29.6 Å². The summed E-state index contributed by atoms with van der Waals surface area (Å²) in [6, 6.07) is 0. The van der Waals surface area contributed by atoms with Gasteiger partial charge in [0.2, 0.25) is 0 Å². The minimum atomic E-state index is -4.90. The number of hydrogen-bond donors (Lipinski definition) is 0. The predicted octanol–water partition coefficient (Wildman–Crippen LogP) is -4.06. The second kappa shape index (κ2) is 11.8. The average molecular weight is 485 g/mol. The number of rotatable bonds is 13. The van der Waals surface area contributed by atoms with Crippen LogP contribution in [0.3, 0.4) is 0 Å². The Hall–Kier alpha value is 0.910. The Balaban J connectivity index is 0. The average Bonchev–Trinajstić information content (AvgIpc) is 2.47. The minimum Gasteiger partial charge on any atom is -0.772 e. The standard InChI is InChI=1S/C10H22O10S5.Na/c1-2-3-7-22(13,14)24(17,18)9-10-25(19,20)23(15,16)8-5-4-6-21(11)12;/h2-10H2,1H3,(H,11,12);/q;+1/p-1. The van der Waals surface area contributed by atoms with Crippen LogP contribution < -0.4 is 29.6 Å². The molecule has 1 unspecified atom stereocenters. The summed E-state index contributed by atoms with van der Waals surface area (Å²) in [7, 11) is -19.0. The monoisotopic (exact) mass is 484 g/mol. The molecule has 0 spiro atoms. The Kier molecular flexibility index (Phi) is 13.2. The molecular formula is C10H21NaO10S5. The van der Waals surface area contributed by atoms with Crippen molar-refractivity contribution in [3.05, 3.63) is 0 Å². The molecule has 0 aromatic carbocycles. The van der Waals surface area contributed by atoms with Crippen molar-refractivity contribution in [1.82, 2.24) is 0 Å². The first-order valence-corrected chi connectivity index (χ1v) is 16.0. The van der Waals surface area contributed by atoms with Crippen molar-refractivity contribution in [1.29, 1.82) is 0 Å². The van der Waals surface area contributed by atoms with Gasteiger partial charge in [-0.1, -0.05) is 24.4 Å². The van der Waals surface area contributed by atoms with E-state index in [0.717, 1.165) is 0 Å². The van der Waals surface area contributed by atoms with E-state index < -0.39 is 69.6 Å². The first-order chi connectivity index (χ1) is 11.2. The van der Waals surface area contributed by atoms with Gasteiger partial charge in [0.05, 0.1) is 23.0 Å². The van der Waals surface area contributed by atoms with Crippen LogP contribution in [0.15, 0.2) is 0 Å². The van der Waals surface area contributed by atoms with Gasteiger partial charge in [-0.3, -0.25) is 4.21 Å². The Morgan fingerprint density at radius 3 is 1.35 bits per heavy atom. The van der Waals surface area contributed by atoms with E-state index in [0.29, 0.717) is 6.42 Å². The van der Waals surface area contributed by atoms with Crippen LogP contribution in [-0.2, 0) is 46.6 Å². The topological polar surface area (TPSA) is 177 Å². The Labute approximate surface area is 178 Å². The van der Waals surface area contributed by atoms with Crippen molar-refractivity contribution in [3.8, 4) is 0 Å². The summed E-state index contributed by atoms with van der Waals surface area (Å²) in [6.45, 7) is 1.64. The molecule has 0 heterocycles. The van der Waals surface area contributed by atoms with Crippen LogP contribution in [0.5, 0.6) is 0 Å². The molecule has 0 rings (SSSR count). The maximum absolute atomic E-state index is 11.8. The molecule has 0 saturated heterocycles. The van der Waals surface area contributed by atoms with E-state index >= 15 is 0 Å². The first-order valence-electron chi connectivity index (χ1n) is 7.15. The zero-order chi connectivity index (χ0) is 19.9. The summed E-state index contributed by atoms with van der Waals surface area (Å²) in [5.74, 6) is -4.57. The molecule has 0 aliphatic heterocycles. The van der Waals surface area contributed by atoms with Gasteiger partial charge in [-0.25, -0.2) is 33.7 Å². The van der Waals surface area contributed by atoms with E-state index in [-0.39, 0.29) is 54.6 Å². The third-order valence-electron chi connectivity index (χ3n) is 3.06. The van der Waals surface area contributed by atoms with Crippen molar-refractivity contribution in [2.75, 3.05) is 28.8 Å². The van der Waals surface area contributed by atoms with Gasteiger partial charge in [-0.15, -0.1) is 0 Å². The SMILES string of the molecule is CCCCS(=O)(=O)S(=O)(=O)CCS(=O)(=O)S(=O)(=O)CCCCS(=O)[O-].[Na+]. The van der Waals surface area contributed by atoms with E-state index in [1.54, 1.807) is 6.92 Å². The molecule has 0 radical (unpaired) electrons. The predicted molar refractivity (Wildman–Crippen MR) is 93.1 cm³/mol. The molecule has 0 amide bonds. The van der Waals surface area contributed by atoms with E-state index in [4.69, 9.17) is 0 Å². The van der Waals surface area contributed by atoms with Crippen LogP contribution in [0.1, 0.15) is 32.6 Å². The van der Waals surface area contributed by atoms with Gasteiger partial charge < -0.3 is 4.55 Å². The molecule has 0 saturated carbocycles. The Morgan fingerprint density at radius 2 is 1.00 bits per heavy atom. The maximum Gasteiger partial charge on any atom is 1.00 e. The minimum absolute atomic E-state index is 0. The van der Waals surface area contributed by atoms with Crippen molar-refractivity contribution >= 4 is 46.6 Å². The Bertz CT molecular complexity index is 870. The Morgan fingerprint density at radius 1 is 0.654 bits per heavy atom. The maximum atomic E-state index is 11.8. The zero-order valence-electron chi connectivity index (χ0n) is 14.5. The van der Waals surface area contributed by atoms with Crippen molar-refractivity contribution in [2.45, 2.75) is 32.6 Å². The van der Waals surface area contributed by atoms with Gasteiger partial charge in [0.1, 0.15) is 0 Å². The third kappa shape index (κ3) is 9.41. The van der Waals surface area contributed by atoms with Crippen LogP contribution in [0, 0.1) is 0 Å². The molecule has 0 fully saturated rings. The molecule has 16 heteroatoms. The van der Waals surface area contributed by atoms with Crippen molar-refractivity contribution in [3.63, 3.8) is 0 Å². The van der Waals surface area contributed by atoms with Crippen molar-refractivity contribution < 1.29 is 72.0 Å². The number of hydrogen-bond acceptors (Lipinski definition) is 10. The summed E-state index contributed by atoms with van der Waals surface area (Å²) < 4.78 is 115. The first kappa shape index (κ1) is 29.1. The van der Waals surface area contributed by atoms with Gasteiger partial charge in [0, 0.05) is 5.75 Å². The van der Waals surface area contributed by atoms with Crippen LogP contribution >= 0.6 is 0 Å². The second-order valence-corrected chi connectivity index (χ2v) is 18.3. The molecule has 0 aliphatic carbocycles. The summed E-state index contributed by atoms with van der Waals surface area (Å²) in [5.41, 5.74) is 0. The molecule has 0 bridgehead atoms. The fraction of sp³-hybridized carbons (Fsp3) is 1.00. The molecule has 0 aromatic rings. The molecule has 0 aromatic heterocycles. The molecule has 26 heavy (non-hydrogen) atoms. The van der Waals surface area contributed by atoms with E-state index in [1.165, 1.54) is 0 Å². The molecule has 10 nitrogen and oxygen atoms in total. The van der Waals surface area contributed by atoms with Gasteiger partial charge in [0.25, 0.3) is 35.5 Å². The third-order valence-corrected chi connectivity index (χ3v) is 15.1. The fourth-order valence-electron chi connectivity index (χ4n) is 1.53. The summed E-state index contributed by atoms with van der Waals surface area (Å²) in [6.07, 6.45) is 0.176. The summed E-state index contributed by atoms with van der Waals surface area (Å²) >= 11 is -2.38. The van der Waals surface area contributed by atoms with Crippen molar-refractivity contribution in [2.24, 2.45) is 0 Å². The molecule has 152 valence electrons. The largest absolute Gasteiger partial charge is 1.00 e. The van der Waals surface area contributed by atoms with Crippen LogP contribution in [0.25, 0.3) is 0 Å². The smallest absolute Gasteiger partial charge is 0.772 e. The fourth-order valence-corrected chi connectivity index (χ4v) is 10.8.